The van der Waals surface area contributed by atoms with E-state index in [1.54, 1.807) is 0 Å². The summed E-state index contributed by atoms with van der Waals surface area (Å²) in [5.74, 6) is 0.559. The van der Waals surface area contributed by atoms with Gasteiger partial charge in [-0.3, -0.25) is 0 Å². The number of hydrogen-bond donors (Lipinski definition) is 1. The van der Waals surface area contributed by atoms with Gasteiger partial charge in [0, 0.05) is 5.54 Å². The zero-order valence-corrected chi connectivity index (χ0v) is 12.5. The summed E-state index contributed by atoms with van der Waals surface area (Å²) < 4.78 is 0. The van der Waals surface area contributed by atoms with Crippen LogP contribution >= 0.6 is 0 Å². The van der Waals surface area contributed by atoms with Crippen molar-refractivity contribution in [2.75, 3.05) is 6.54 Å². The largest absolute Gasteiger partial charge is 0.307 e. The van der Waals surface area contributed by atoms with Crippen molar-refractivity contribution in [1.29, 1.82) is 0 Å². The molecule has 102 valence electrons. The van der Waals surface area contributed by atoms with Crippen LogP contribution in [0, 0.1) is 5.92 Å². The van der Waals surface area contributed by atoms with Gasteiger partial charge in [0.15, 0.2) is 0 Å². The topological polar surface area (TPSA) is 12.0 Å². The van der Waals surface area contributed by atoms with Gasteiger partial charge in [-0.15, -0.1) is 0 Å². The molecule has 0 saturated heterocycles. The van der Waals surface area contributed by atoms with Gasteiger partial charge in [-0.05, 0) is 35.2 Å². The van der Waals surface area contributed by atoms with Gasteiger partial charge < -0.3 is 5.32 Å². The van der Waals surface area contributed by atoms with Crippen LogP contribution in [0.5, 0.6) is 0 Å². The summed E-state index contributed by atoms with van der Waals surface area (Å²) in [5, 5.41) is 6.46. The highest BCUT2D eigenvalue weighted by molar-refractivity contribution is 5.86. The van der Waals surface area contributed by atoms with Crippen molar-refractivity contribution in [1.82, 2.24) is 5.32 Å². The third kappa shape index (κ3) is 2.40. The van der Waals surface area contributed by atoms with Crippen molar-refractivity contribution < 1.29 is 0 Å². The second-order valence-corrected chi connectivity index (χ2v) is 5.54. The van der Waals surface area contributed by atoms with Gasteiger partial charge in [0.05, 0.1) is 0 Å². The average Bonchev–Trinajstić information content (AvgIpc) is 2.44. The molecule has 0 aliphatic carbocycles. The molecule has 0 fully saturated rings. The fourth-order valence-corrected chi connectivity index (χ4v) is 3.26. The number of benzene rings is 2. The van der Waals surface area contributed by atoms with Gasteiger partial charge in [0.25, 0.3) is 0 Å². The Morgan fingerprint density at radius 3 is 2.32 bits per heavy atom. The van der Waals surface area contributed by atoms with Crippen LogP contribution in [0.3, 0.4) is 0 Å². The van der Waals surface area contributed by atoms with E-state index in [1.807, 2.05) is 0 Å². The van der Waals surface area contributed by atoms with Crippen LogP contribution in [0.4, 0.5) is 0 Å². The Bertz CT molecular complexity index is 539. The Morgan fingerprint density at radius 2 is 1.68 bits per heavy atom. The van der Waals surface area contributed by atoms with Gasteiger partial charge >= 0.3 is 0 Å². The van der Waals surface area contributed by atoms with E-state index in [2.05, 4.69) is 75.5 Å². The van der Waals surface area contributed by atoms with Crippen molar-refractivity contribution in [3.63, 3.8) is 0 Å². The lowest BCUT2D eigenvalue weighted by Gasteiger charge is -2.39. The fraction of sp³-hybridized carbons (Fsp3) is 0.444. The third-order valence-corrected chi connectivity index (χ3v) is 4.31. The lowest BCUT2D eigenvalue weighted by Crippen LogP contribution is -2.46. The first-order valence-corrected chi connectivity index (χ1v) is 7.39. The molecule has 0 bridgehead atoms. The molecular formula is C18H25N. The summed E-state index contributed by atoms with van der Waals surface area (Å²) in [4.78, 5) is 0. The fourth-order valence-electron chi connectivity index (χ4n) is 3.26. The van der Waals surface area contributed by atoms with Crippen molar-refractivity contribution in [3.8, 4) is 0 Å². The summed E-state index contributed by atoms with van der Waals surface area (Å²) >= 11 is 0. The normalized spacial score (nSPS) is 14.8. The Morgan fingerprint density at radius 1 is 1.00 bits per heavy atom. The van der Waals surface area contributed by atoms with Crippen molar-refractivity contribution in [3.05, 3.63) is 48.0 Å². The third-order valence-electron chi connectivity index (χ3n) is 4.31. The molecule has 1 atom stereocenters. The SMILES string of the molecule is CCNC(CC)(c1cccc2ccccc12)C(C)C. The molecule has 0 aromatic heterocycles. The maximum atomic E-state index is 3.75. The molecule has 0 spiro atoms. The van der Waals surface area contributed by atoms with Gasteiger partial charge in [-0.1, -0.05) is 70.2 Å². The smallest absolute Gasteiger partial charge is 0.0461 e. The Labute approximate surface area is 117 Å². The Balaban J connectivity index is 2.68. The Kier molecular flexibility index (Phi) is 4.26. The van der Waals surface area contributed by atoms with Crippen LogP contribution in [-0.4, -0.2) is 6.54 Å². The predicted molar refractivity (Wildman–Crippen MR) is 84.4 cm³/mol. The Hall–Kier alpha value is -1.34. The molecule has 1 heteroatoms. The first-order chi connectivity index (χ1) is 9.15. The number of fused-ring (bicyclic) bond motifs is 1. The van der Waals surface area contributed by atoms with Crippen molar-refractivity contribution in [2.24, 2.45) is 5.92 Å². The van der Waals surface area contributed by atoms with Crippen molar-refractivity contribution in [2.45, 2.75) is 39.7 Å². The lowest BCUT2D eigenvalue weighted by molar-refractivity contribution is 0.236. The number of hydrogen-bond acceptors (Lipinski definition) is 1. The molecule has 0 saturated carbocycles. The standard InChI is InChI=1S/C18H25N/c1-5-18(14(3)4,19-6-2)17-13-9-11-15-10-7-8-12-16(15)17/h7-14,19H,5-6H2,1-4H3. The van der Waals surface area contributed by atoms with Crippen LogP contribution in [0.2, 0.25) is 0 Å². The number of nitrogens with one attached hydrogen (secondary N) is 1. The molecule has 1 N–H and O–H groups in total. The van der Waals surface area contributed by atoms with Crippen molar-refractivity contribution >= 4 is 10.8 Å². The summed E-state index contributed by atoms with van der Waals surface area (Å²) in [7, 11) is 0. The summed E-state index contributed by atoms with van der Waals surface area (Å²) in [6.07, 6.45) is 1.10. The van der Waals surface area contributed by atoms with Gasteiger partial charge in [0.1, 0.15) is 0 Å². The first kappa shape index (κ1) is 14.1. The van der Waals surface area contributed by atoms with Crippen LogP contribution in [0.25, 0.3) is 10.8 Å². The van der Waals surface area contributed by atoms with E-state index in [-0.39, 0.29) is 5.54 Å². The van der Waals surface area contributed by atoms with Crippen LogP contribution < -0.4 is 5.32 Å². The summed E-state index contributed by atoms with van der Waals surface area (Å²) in [6, 6.07) is 15.4. The van der Waals surface area contributed by atoms with E-state index in [0.29, 0.717) is 5.92 Å². The van der Waals surface area contributed by atoms with E-state index in [1.165, 1.54) is 16.3 Å². The zero-order valence-electron chi connectivity index (χ0n) is 12.5. The molecule has 2 aromatic rings. The average molecular weight is 255 g/mol. The maximum absolute atomic E-state index is 3.75. The molecule has 1 unspecified atom stereocenters. The van der Waals surface area contributed by atoms with E-state index in [0.717, 1.165) is 13.0 Å². The van der Waals surface area contributed by atoms with Crippen LogP contribution in [0.1, 0.15) is 39.7 Å². The van der Waals surface area contributed by atoms with E-state index >= 15 is 0 Å². The van der Waals surface area contributed by atoms with E-state index < -0.39 is 0 Å². The first-order valence-electron chi connectivity index (χ1n) is 7.39. The minimum absolute atomic E-state index is 0.0651. The summed E-state index contributed by atoms with van der Waals surface area (Å²) in [5.41, 5.74) is 1.50. The monoisotopic (exact) mass is 255 g/mol. The zero-order chi connectivity index (χ0) is 13.9. The molecule has 0 heterocycles. The molecular weight excluding hydrogens is 230 g/mol. The molecule has 1 nitrogen and oxygen atoms in total. The minimum atomic E-state index is 0.0651. The highest BCUT2D eigenvalue weighted by Crippen LogP contribution is 2.37. The van der Waals surface area contributed by atoms with Gasteiger partial charge in [-0.25, -0.2) is 0 Å². The molecule has 19 heavy (non-hydrogen) atoms. The quantitative estimate of drug-likeness (QED) is 0.816. The maximum Gasteiger partial charge on any atom is 0.0461 e. The molecule has 0 aliphatic rings. The van der Waals surface area contributed by atoms with Gasteiger partial charge in [-0.2, -0.15) is 0 Å². The lowest BCUT2D eigenvalue weighted by atomic mass is 9.76. The van der Waals surface area contributed by atoms with E-state index in [9.17, 15) is 0 Å². The molecule has 2 rings (SSSR count). The van der Waals surface area contributed by atoms with E-state index in [4.69, 9.17) is 0 Å². The number of rotatable bonds is 5. The molecule has 0 aliphatic heterocycles. The van der Waals surface area contributed by atoms with Crippen LogP contribution in [-0.2, 0) is 5.54 Å². The van der Waals surface area contributed by atoms with Crippen LogP contribution in [0.15, 0.2) is 42.5 Å². The minimum Gasteiger partial charge on any atom is -0.307 e. The molecule has 0 radical (unpaired) electrons. The second-order valence-electron chi connectivity index (χ2n) is 5.54. The molecule has 0 amide bonds. The van der Waals surface area contributed by atoms with Gasteiger partial charge in [0.2, 0.25) is 0 Å². The predicted octanol–water partition coefficient (Wildman–Crippen LogP) is 4.71. The summed E-state index contributed by atoms with van der Waals surface area (Å²) in [6.45, 7) is 10.1. The highest BCUT2D eigenvalue weighted by atomic mass is 15.0. The highest BCUT2D eigenvalue weighted by Gasteiger charge is 2.33. The molecule has 2 aromatic carbocycles. The second kappa shape index (κ2) is 5.75.